The molecule has 0 aliphatic rings. The monoisotopic (exact) mass is 488 g/mol. The summed E-state index contributed by atoms with van der Waals surface area (Å²) in [6.07, 6.45) is 2.26. The zero-order valence-corrected chi connectivity index (χ0v) is 19.7. The van der Waals surface area contributed by atoms with Crippen LogP contribution in [0.5, 0.6) is 0 Å². The van der Waals surface area contributed by atoms with Crippen LogP contribution in [0.4, 0.5) is 10.1 Å². The first-order valence-corrected chi connectivity index (χ1v) is 10.8. The molecule has 0 aliphatic heterocycles. The zero-order chi connectivity index (χ0) is 26.5. The summed E-state index contributed by atoms with van der Waals surface area (Å²) in [5.74, 6) is -1.62. The number of halogens is 1. The van der Waals surface area contributed by atoms with Gasteiger partial charge in [0.2, 0.25) is 5.91 Å². The molecule has 1 atom stereocenters. The fourth-order valence-corrected chi connectivity index (χ4v) is 3.50. The van der Waals surface area contributed by atoms with Gasteiger partial charge in [-0.25, -0.2) is 4.39 Å². The maximum absolute atomic E-state index is 13.5. The number of nitrogens with one attached hydrogen (secondary N) is 2. The first-order valence-electron chi connectivity index (χ1n) is 10.8. The molecule has 0 aliphatic carbocycles. The molecule has 4 radical (unpaired) electrons. The van der Waals surface area contributed by atoms with Crippen LogP contribution in [0.1, 0.15) is 12.1 Å². The van der Waals surface area contributed by atoms with Crippen molar-refractivity contribution in [3.63, 3.8) is 0 Å². The average Bonchev–Trinajstić information content (AvgIpc) is 3.21. The lowest BCUT2D eigenvalue weighted by atomic mass is 9.49. The van der Waals surface area contributed by atoms with Crippen molar-refractivity contribution in [2.45, 2.75) is 24.3 Å². The van der Waals surface area contributed by atoms with Gasteiger partial charge < -0.3 is 24.5 Å². The number of rotatable bonds is 10. The zero-order valence-electron chi connectivity index (χ0n) is 19.7. The van der Waals surface area contributed by atoms with Crippen LogP contribution in [0.3, 0.4) is 0 Å². The molecule has 2 amide bonds. The van der Waals surface area contributed by atoms with Gasteiger partial charge in [0, 0.05) is 36.9 Å². The number of hydrogen-bond donors (Lipinski definition) is 2. The van der Waals surface area contributed by atoms with Gasteiger partial charge in [0.25, 0.3) is 17.9 Å². The maximum atomic E-state index is 13.5. The number of fused-ring (bicyclic) bond motifs is 1. The van der Waals surface area contributed by atoms with Crippen LogP contribution < -0.4 is 10.9 Å². The van der Waals surface area contributed by atoms with E-state index in [1.165, 1.54) is 46.0 Å². The van der Waals surface area contributed by atoms with Crippen molar-refractivity contribution in [2.75, 3.05) is 19.4 Å². The Balaban J connectivity index is 1.78. The van der Waals surface area contributed by atoms with E-state index in [0.29, 0.717) is 16.6 Å². The number of nitrogens with zero attached hydrogens (tertiary/aromatic N) is 2. The van der Waals surface area contributed by atoms with Gasteiger partial charge in [0.15, 0.2) is 6.10 Å². The van der Waals surface area contributed by atoms with Gasteiger partial charge in [-0.1, -0.05) is 11.3 Å². The molecule has 0 bridgehead atoms. The van der Waals surface area contributed by atoms with Crippen LogP contribution in [0.2, 0.25) is 5.21 Å². The van der Waals surface area contributed by atoms with E-state index < -0.39 is 22.8 Å². The highest BCUT2D eigenvalue weighted by atomic mass is 19.1. The second-order valence-electron chi connectivity index (χ2n) is 8.43. The second-order valence-corrected chi connectivity index (χ2v) is 8.43. The first-order chi connectivity index (χ1) is 17.0. The van der Waals surface area contributed by atoms with Crippen LogP contribution in [0, 0.1) is 5.82 Å². The largest absolute Gasteiger partial charge is 0.455 e. The average molecular weight is 488 g/mol. The van der Waals surface area contributed by atoms with E-state index in [1.54, 1.807) is 32.3 Å². The Labute approximate surface area is 209 Å². The van der Waals surface area contributed by atoms with E-state index >= 15 is 0 Å². The van der Waals surface area contributed by atoms with Crippen LogP contribution in [0.15, 0.2) is 59.5 Å². The minimum absolute atomic E-state index is 0.0232. The van der Waals surface area contributed by atoms with E-state index in [0.717, 1.165) is 0 Å². The van der Waals surface area contributed by atoms with Crippen molar-refractivity contribution >= 4 is 50.6 Å². The number of hydrogen-bond acceptors (Lipinski definition) is 5. The Hall–Kier alpha value is -4.08. The summed E-state index contributed by atoms with van der Waals surface area (Å²) in [4.78, 5) is 53.0. The van der Waals surface area contributed by atoms with Crippen molar-refractivity contribution < 1.29 is 23.5 Å². The van der Waals surface area contributed by atoms with Crippen molar-refractivity contribution in [2.24, 2.45) is 0 Å². The van der Waals surface area contributed by atoms with E-state index in [2.05, 4.69) is 10.3 Å². The van der Waals surface area contributed by atoms with Gasteiger partial charge in [-0.15, -0.1) is 0 Å². The van der Waals surface area contributed by atoms with Gasteiger partial charge in [0.05, 0.1) is 22.2 Å². The number of aromatic amines is 1. The topological polar surface area (TPSA) is 113 Å². The van der Waals surface area contributed by atoms with Crippen molar-refractivity contribution in [3.05, 3.63) is 76.6 Å². The highest BCUT2D eigenvalue weighted by molar-refractivity contribution is 6.42. The highest BCUT2D eigenvalue weighted by Gasteiger charge is 2.35. The number of amides is 2. The molecule has 182 valence electrons. The smallest absolute Gasteiger partial charge is 0.293 e. The van der Waals surface area contributed by atoms with E-state index in [9.17, 15) is 23.6 Å². The fourth-order valence-electron chi connectivity index (χ4n) is 3.50. The minimum Gasteiger partial charge on any atom is -0.455 e. The van der Waals surface area contributed by atoms with Crippen LogP contribution in [-0.2, 0) is 25.7 Å². The number of benzene rings is 1. The normalized spacial score (nSPS) is 12.4. The summed E-state index contributed by atoms with van der Waals surface area (Å²) in [6.45, 7) is 0.144. The molecule has 2 aromatic heterocycles. The molecule has 9 nitrogen and oxygen atoms in total. The van der Waals surface area contributed by atoms with Gasteiger partial charge in [-0.3, -0.25) is 19.2 Å². The van der Waals surface area contributed by atoms with E-state index in [4.69, 9.17) is 20.4 Å². The van der Waals surface area contributed by atoms with Crippen LogP contribution >= 0.6 is 0 Å². The van der Waals surface area contributed by atoms with Gasteiger partial charge in [0.1, 0.15) is 11.5 Å². The molecule has 0 spiro atoms. The molecule has 2 heterocycles. The number of aromatic nitrogens is 2. The third-order valence-electron chi connectivity index (χ3n) is 5.35. The highest BCUT2D eigenvalue weighted by Crippen LogP contribution is 2.30. The van der Waals surface area contributed by atoms with Crippen molar-refractivity contribution in [1.82, 2.24) is 14.5 Å². The van der Waals surface area contributed by atoms with Gasteiger partial charge >= 0.3 is 0 Å². The third kappa shape index (κ3) is 6.32. The number of carbonyl (C=O) groups excluding carboxylic acids is 3. The van der Waals surface area contributed by atoms with E-state index in [-0.39, 0.29) is 36.8 Å². The van der Waals surface area contributed by atoms with Crippen molar-refractivity contribution in [3.8, 4) is 0 Å². The molecule has 0 saturated carbocycles. The summed E-state index contributed by atoms with van der Waals surface area (Å²) >= 11 is 0. The lowest BCUT2D eigenvalue weighted by molar-refractivity contribution is -0.143. The van der Waals surface area contributed by atoms with Gasteiger partial charge in [-0.2, -0.15) is 0 Å². The number of ether oxygens (including phenoxy) is 1. The molecule has 0 fully saturated rings. The Bertz CT molecular complexity index is 1370. The Morgan fingerprint density at radius 1 is 1.28 bits per heavy atom. The Morgan fingerprint density at radius 2 is 2.03 bits per heavy atom. The number of allylic oxidation sites excluding steroid dienone is 1. The molecule has 1 unspecified atom stereocenters. The summed E-state index contributed by atoms with van der Waals surface area (Å²) in [6, 6.07) is 8.93. The molecule has 3 aromatic rings. The molecule has 12 heteroatoms. The van der Waals surface area contributed by atoms with Crippen molar-refractivity contribution in [1.29, 1.82) is 0 Å². The molecule has 3 rings (SSSR count). The lowest BCUT2D eigenvalue weighted by Crippen LogP contribution is -2.42. The SMILES string of the molecule is [B]C([B])(C/C=C/C(=O)N(C)C)C(OC=O)C(=O)Nc1cccn(Cc2cc3cc(F)ccc3[nH]2)c1=O. The predicted octanol–water partition coefficient (Wildman–Crippen LogP) is 1.48. The minimum atomic E-state index is -1.87. The lowest BCUT2D eigenvalue weighted by Gasteiger charge is -2.31. The first kappa shape index (κ1) is 26.5. The molecular formula is C24H23B2FN4O5. The number of carbonyl (C=O) groups is 3. The molecule has 2 N–H and O–H groups in total. The quantitative estimate of drug-likeness (QED) is 0.255. The Kier molecular flexibility index (Phi) is 8.18. The van der Waals surface area contributed by atoms with E-state index in [1.807, 2.05) is 0 Å². The maximum Gasteiger partial charge on any atom is 0.293 e. The predicted molar refractivity (Wildman–Crippen MR) is 134 cm³/mol. The molecular weight excluding hydrogens is 465 g/mol. The summed E-state index contributed by atoms with van der Waals surface area (Å²) in [5, 5.41) is 1.18. The standard InChI is InChI=1S/C24H23B2FN4O5/c1-30(2)20(33)6-3-9-24(25,26)21(36-14-32)22(34)29-19-5-4-10-31(23(19)35)13-17-12-15-11-16(27)7-8-18(15)28-17/h3-8,10-12,14,21,28H,9,13H2,1-2H3,(H,29,34)/b6-3+. The second kappa shape index (κ2) is 11.1. The molecule has 0 saturated heterocycles. The number of anilines is 1. The number of pyridine rings is 1. The summed E-state index contributed by atoms with van der Waals surface area (Å²) < 4.78 is 19.6. The summed E-state index contributed by atoms with van der Waals surface area (Å²) in [5.41, 5.74) is 0.710. The number of likely N-dealkylation sites (N-methyl/N-ethyl adjacent to an activating group) is 1. The molecule has 36 heavy (non-hydrogen) atoms. The van der Waals surface area contributed by atoms with Crippen LogP contribution in [0.25, 0.3) is 10.9 Å². The Morgan fingerprint density at radius 3 is 2.72 bits per heavy atom. The fraction of sp³-hybridized carbons (Fsp3) is 0.250. The van der Waals surface area contributed by atoms with Gasteiger partial charge in [-0.05, 0) is 48.9 Å². The third-order valence-corrected chi connectivity index (χ3v) is 5.35. The van der Waals surface area contributed by atoms with Crippen LogP contribution in [-0.4, -0.2) is 68.6 Å². The summed E-state index contributed by atoms with van der Waals surface area (Å²) in [7, 11) is 15.2. The number of H-pyrrole nitrogens is 1. The molecule has 1 aromatic carbocycles.